The van der Waals surface area contributed by atoms with Crippen LogP contribution >= 0.6 is 11.6 Å². The lowest BCUT2D eigenvalue weighted by Gasteiger charge is -2.09. The molecule has 2 aromatic rings. The molecular formula is C19H18ClNO5S. The van der Waals surface area contributed by atoms with Crippen LogP contribution in [0.3, 0.4) is 0 Å². The molecule has 0 aliphatic carbocycles. The summed E-state index contributed by atoms with van der Waals surface area (Å²) < 4.78 is 29.7. The van der Waals surface area contributed by atoms with E-state index in [2.05, 4.69) is 5.32 Å². The number of carbonyl (C=O) groups is 2. The van der Waals surface area contributed by atoms with Crippen LogP contribution < -0.4 is 5.32 Å². The Bertz CT molecular complexity index is 956. The molecule has 0 aromatic heterocycles. The molecule has 0 spiro atoms. The molecule has 0 bridgehead atoms. The smallest absolute Gasteiger partial charge is 0.310 e. The molecule has 1 amide bonds. The summed E-state index contributed by atoms with van der Waals surface area (Å²) in [6.45, 7) is 0.261. The van der Waals surface area contributed by atoms with Crippen molar-refractivity contribution in [1.29, 1.82) is 0 Å². The number of amides is 1. The van der Waals surface area contributed by atoms with Gasteiger partial charge in [0.2, 0.25) is 5.91 Å². The number of hydrogen-bond acceptors (Lipinski definition) is 5. The number of hydrogen-bond donors (Lipinski definition) is 1. The fraction of sp³-hybridized carbons (Fsp3) is 0.263. The monoisotopic (exact) mass is 407 g/mol. The Morgan fingerprint density at radius 3 is 2.56 bits per heavy atom. The number of anilines is 1. The SMILES string of the molecule is O=C(Cc1cccc(Cl)c1)Nc1ccc(S(=O)(=O)CC2CCOC2=O)cc1. The summed E-state index contributed by atoms with van der Waals surface area (Å²) in [5.74, 6) is -1.59. The van der Waals surface area contributed by atoms with Crippen LogP contribution in [0.2, 0.25) is 5.02 Å². The van der Waals surface area contributed by atoms with Crippen LogP contribution in [-0.2, 0) is 30.6 Å². The Morgan fingerprint density at radius 1 is 1.19 bits per heavy atom. The highest BCUT2D eigenvalue weighted by Crippen LogP contribution is 2.22. The molecule has 1 N–H and O–H groups in total. The molecule has 1 atom stereocenters. The normalized spacial score (nSPS) is 16.8. The van der Waals surface area contributed by atoms with Gasteiger partial charge < -0.3 is 10.1 Å². The maximum Gasteiger partial charge on any atom is 0.310 e. The zero-order chi connectivity index (χ0) is 19.4. The second kappa shape index (κ2) is 8.10. The molecule has 0 saturated carbocycles. The van der Waals surface area contributed by atoms with E-state index in [1.807, 2.05) is 0 Å². The fourth-order valence-corrected chi connectivity index (χ4v) is 4.62. The first-order chi connectivity index (χ1) is 12.8. The summed E-state index contributed by atoms with van der Waals surface area (Å²) in [6.07, 6.45) is 0.570. The van der Waals surface area contributed by atoms with Crippen molar-refractivity contribution in [3.63, 3.8) is 0 Å². The first kappa shape index (κ1) is 19.4. The van der Waals surface area contributed by atoms with Gasteiger partial charge in [-0.1, -0.05) is 23.7 Å². The second-order valence-electron chi connectivity index (χ2n) is 6.31. The fourth-order valence-electron chi connectivity index (χ4n) is 2.83. The molecule has 1 saturated heterocycles. The lowest BCUT2D eigenvalue weighted by atomic mass is 10.1. The summed E-state index contributed by atoms with van der Waals surface area (Å²) in [7, 11) is -3.60. The molecule has 142 valence electrons. The molecule has 8 heteroatoms. The molecule has 27 heavy (non-hydrogen) atoms. The number of sulfone groups is 1. The van der Waals surface area contributed by atoms with Crippen molar-refractivity contribution in [2.24, 2.45) is 5.92 Å². The van der Waals surface area contributed by atoms with Crippen molar-refractivity contribution in [3.05, 3.63) is 59.1 Å². The highest BCUT2D eigenvalue weighted by molar-refractivity contribution is 7.91. The van der Waals surface area contributed by atoms with E-state index in [0.717, 1.165) is 5.56 Å². The molecule has 6 nitrogen and oxygen atoms in total. The molecule has 2 aromatic carbocycles. The molecular weight excluding hydrogens is 390 g/mol. The Balaban J connectivity index is 1.62. The van der Waals surface area contributed by atoms with E-state index >= 15 is 0 Å². The molecule has 0 radical (unpaired) electrons. The number of nitrogens with one attached hydrogen (secondary N) is 1. The third kappa shape index (κ3) is 5.08. The standard InChI is InChI=1S/C19H18ClNO5S/c20-15-3-1-2-13(10-15)11-18(22)21-16-4-6-17(7-5-16)27(24,25)12-14-8-9-26-19(14)23/h1-7,10,14H,8-9,11-12H2,(H,21,22). The van der Waals surface area contributed by atoms with Gasteiger partial charge in [0, 0.05) is 10.7 Å². The lowest BCUT2D eigenvalue weighted by Crippen LogP contribution is -2.20. The highest BCUT2D eigenvalue weighted by Gasteiger charge is 2.32. The first-order valence-electron chi connectivity index (χ1n) is 8.37. The maximum absolute atomic E-state index is 12.4. The van der Waals surface area contributed by atoms with Gasteiger partial charge in [0.1, 0.15) is 0 Å². The van der Waals surface area contributed by atoms with Crippen LogP contribution in [0, 0.1) is 5.92 Å². The molecule has 1 fully saturated rings. The third-order valence-corrected chi connectivity index (χ3v) is 6.28. The van der Waals surface area contributed by atoms with Crippen molar-refractivity contribution in [3.8, 4) is 0 Å². The van der Waals surface area contributed by atoms with Crippen LogP contribution in [0.1, 0.15) is 12.0 Å². The van der Waals surface area contributed by atoms with Gasteiger partial charge in [-0.05, 0) is 48.4 Å². The largest absolute Gasteiger partial charge is 0.465 e. The molecule has 1 unspecified atom stereocenters. The number of esters is 1. The van der Waals surface area contributed by atoms with Crippen molar-refractivity contribution in [2.45, 2.75) is 17.7 Å². The second-order valence-corrected chi connectivity index (χ2v) is 8.78. The van der Waals surface area contributed by atoms with Gasteiger partial charge >= 0.3 is 5.97 Å². The van der Waals surface area contributed by atoms with Gasteiger partial charge in [-0.25, -0.2) is 8.42 Å². The minimum atomic E-state index is -3.60. The molecule has 3 rings (SSSR count). The van der Waals surface area contributed by atoms with Crippen LogP contribution in [0.25, 0.3) is 0 Å². The average molecular weight is 408 g/mol. The molecule has 1 aliphatic rings. The Labute approximate surface area is 162 Å². The van der Waals surface area contributed by atoms with E-state index in [0.29, 0.717) is 17.1 Å². The summed E-state index contributed by atoms with van der Waals surface area (Å²) >= 11 is 5.90. The quantitative estimate of drug-likeness (QED) is 0.743. The van der Waals surface area contributed by atoms with Gasteiger partial charge in [0.05, 0.1) is 29.6 Å². The van der Waals surface area contributed by atoms with Crippen LogP contribution in [0.5, 0.6) is 0 Å². The Kier molecular flexibility index (Phi) is 5.82. The lowest BCUT2D eigenvalue weighted by molar-refractivity contribution is -0.140. The minimum absolute atomic E-state index is 0.107. The average Bonchev–Trinajstić information content (AvgIpc) is 2.99. The number of ether oxygens (including phenoxy) is 1. The minimum Gasteiger partial charge on any atom is -0.465 e. The van der Waals surface area contributed by atoms with Crippen molar-refractivity contribution in [2.75, 3.05) is 17.7 Å². The summed E-state index contributed by atoms with van der Waals surface area (Å²) in [5.41, 5.74) is 1.27. The number of rotatable bonds is 6. The van der Waals surface area contributed by atoms with E-state index < -0.39 is 21.7 Å². The van der Waals surface area contributed by atoms with Crippen LogP contribution in [0.15, 0.2) is 53.4 Å². The summed E-state index contributed by atoms with van der Waals surface area (Å²) in [5, 5.41) is 3.27. The van der Waals surface area contributed by atoms with E-state index in [9.17, 15) is 18.0 Å². The van der Waals surface area contributed by atoms with Crippen molar-refractivity contribution < 1.29 is 22.7 Å². The highest BCUT2D eigenvalue weighted by atomic mass is 35.5. The predicted molar refractivity (Wildman–Crippen MR) is 101 cm³/mol. The first-order valence-corrected chi connectivity index (χ1v) is 10.4. The third-order valence-electron chi connectivity index (χ3n) is 4.22. The summed E-state index contributed by atoms with van der Waals surface area (Å²) in [4.78, 5) is 23.7. The van der Waals surface area contributed by atoms with Gasteiger partial charge in [0.15, 0.2) is 9.84 Å². The molecule has 1 aliphatic heterocycles. The van der Waals surface area contributed by atoms with E-state index in [-0.39, 0.29) is 29.6 Å². The number of carbonyl (C=O) groups excluding carboxylic acids is 2. The van der Waals surface area contributed by atoms with Gasteiger partial charge in [-0.15, -0.1) is 0 Å². The summed E-state index contributed by atoms with van der Waals surface area (Å²) in [6, 6.07) is 12.9. The topological polar surface area (TPSA) is 89.5 Å². The molecule has 1 heterocycles. The van der Waals surface area contributed by atoms with E-state index in [1.165, 1.54) is 24.3 Å². The zero-order valence-electron chi connectivity index (χ0n) is 14.4. The van der Waals surface area contributed by atoms with E-state index in [1.54, 1.807) is 24.3 Å². The van der Waals surface area contributed by atoms with E-state index in [4.69, 9.17) is 16.3 Å². The van der Waals surface area contributed by atoms with Crippen LogP contribution in [0.4, 0.5) is 5.69 Å². The predicted octanol–water partition coefficient (Wildman–Crippen LogP) is 2.86. The van der Waals surface area contributed by atoms with Gasteiger partial charge in [-0.2, -0.15) is 0 Å². The number of halogens is 1. The van der Waals surface area contributed by atoms with Gasteiger partial charge in [-0.3, -0.25) is 9.59 Å². The van der Waals surface area contributed by atoms with Crippen molar-refractivity contribution >= 4 is 39.0 Å². The van der Waals surface area contributed by atoms with Gasteiger partial charge in [0.25, 0.3) is 0 Å². The number of cyclic esters (lactones) is 1. The van der Waals surface area contributed by atoms with Crippen molar-refractivity contribution in [1.82, 2.24) is 0 Å². The zero-order valence-corrected chi connectivity index (χ0v) is 15.9. The Hall–Kier alpha value is -2.38. The maximum atomic E-state index is 12.4. The number of benzene rings is 2. The Morgan fingerprint density at radius 2 is 1.93 bits per heavy atom. The van der Waals surface area contributed by atoms with Crippen LogP contribution in [-0.4, -0.2) is 32.7 Å².